The molecule has 1 aliphatic carbocycles. The van der Waals surface area contributed by atoms with Crippen LogP contribution in [0.1, 0.15) is 43.1 Å². The highest BCUT2D eigenvalue weighted by molar-refractivity contribution is 6.33. The second-order valence-corrected chi connectivity index (χ2v) is 5.06. The van der Waals surface area contributed by atoms with E-state index in [-0.39, 0.29) is 37.4 Å². The van der Waals surface area contributed by atoms with E-state index in [4.69, 9.17) is 11.6 Å². The molecule has 1 fully saturated rings. The summed E-state index contributed by atoms with van der Waals surface area (Å²) in [5.74, 6) is -3.13. The molecule has 0 radical (unpaired) electrons. The van der Waals surface area contributed by atoms with Gasteiger partial charge in [0.25, 0.3) is 0 Å². The molecular weight excluding hydrogens is 262 g/mol. The van der Waals surface area contributed by atoms with Crippen LogP contribution < -0.4 is 0 Å². The first kappa shape index (κ1) is 13.5. The molecule has 100 valence electrons. The van der Waals surface area contributed by atoms with Crippen molar-refractivity contribution < 1.29 is 13.6 Å². The molecule has 0 aliphatic heterocycles. The highest BCUT2D eigenvalue weighted by Gasteiger charge is 2.38. The molecule has 2 rings (SSSR count). The van der Waals surface area contributed by atoms with E-state index < -0.39 is 5.92 Å². The lowest BCUT2D eigenvalue weighted by molar-refractivity contribution is -0.0425. The van der Waals surface area contributed by atoms with Crippen LogP contribution in [-0.4, -0.2) is 21.5 Å². The molecule has 0 aromatic carbocycles. The molecule has 0 atom stereocenters. The number of ketones is 1. The van der Waals surface area contributed by atoms with Crippen molar-refractivity contribution in [2.45, 2.75) is 45.1 Å². The van der Waals surface area contributed by atoms with Crippen LogP contribution in [-0.2, 0) is 6.54 Å². The molecule has 1 aliphatic rings. The minimum absolute atomic E-state index is 0.158. The van der Waals surface area contributed by atoms with Crippen molar-refractivity contribution >= 4 is 17.4 Å². The van der Waals surface area contributed by atoms with Gasteiger partial charge in [0.1, 0.15) is 5.69 Å². The summed E-state index contributed by atoms with van der Waals surface area (Å²) in [5.41, 5.74) is 0.356. The minimum atomic E-state index is -2.62. The normalized spacial score (nSPS) is 20.0. The van der Waals surface area contributed by atoms with Crippen LogP contribution >= 0.6 is 11.6 Å². The number of Topliss-reactive ketones (excluding diaryl/α,β-unsaturated/α-hetero) is 1. The van der Waals surface area contributed by atoms with Crippen LogP contribution in [0.25, 0.3) is 0 Å². The number of carbonyl (C=O) groups excluding carboxylic acids is 1. The molecule has 0 bridgehead atoms. The largest absolute Gasteiger partial charge is 0.292 e. The zero-order chi connectivity index (χ0) is 13.3. The number of hydrogen-bond donors (Lipinski definition) is 0. The van der Waals surface area contributed by atoms with Crippen molar-refractivity contribution in [1.82, 2.24) is 9.78 Å². The average molecular weight is 277 g/mol. The Morgan fingerprint density at radius 1 is 1.56 bits per heavy atom. The highest BCUT2D eigenvalue weighted by atomic mass is 35.5. The van der Waals surface area contributed by atoms with Crippen LogP contribution in [0.4, 0.5) is 8.78 Å². The number of rotatable bonds is 3. The van der Waals surface area contributed by atoms with E-state index in [1.165, 1.54) is 10.9 Å². The maximum Gasteiger partial charge on any atom is 0.248 e. The van der Waals surface area contributed by atoms with Crippen LogP contribution in [0.5, 0.6) is 0 Å². The van der Waals surface area contributed by atoms with Gasteiger partial charge in [0, 0.05) is 25.3 Å². The number of nitrogens with zero attached hydrogens (tertiary/aromatic N) is 2. The Labute approximate surface area is 109 Å². The Hall–Kier alpha value is -0.970. The maximum absolute atomic E-state index is 13.1. The molecule has 0 unspecified atom stereocenters. The summed E-state index contributed by atoms with van der Waals surface area (Å²) in [6, 6.07) is 0. The fraction of sp³-hybridized carbons (Fsp3) is 0.667. The third kappa shape index (κ3) is 2.55. The number of carbonyl (C=O) groups is 1. The molecule has 0 N–H and O–H groups in total. The summed E-state index contributed by atoms with van der Waals surface area (Å²) in [6.45, 7) is 2.39. The molecule has 1 heterocycles. The SMILES string of the molecule is CCn1ncc(Cl)c1C(=O)C1CCC(F)(F)CC1. The van der Waals surface area contributed by atoms with Crippen molar-refractivity contribution in [2.75, 3.05) is 0 Å². The first-order valence-corrected chi connectivity index (χ1v) is 6.46. The van der Waals surface area contributed by atoms with Gasteiger partial charge in [0.05, 0.1) is 11.2 Å². The molecule has 0 spiro atoms. The fourth-order valence-corrected chi connectivity index (χ4v) is 2.58. The number of halogens is 3. The predicted molar refractivity (Wildman–Crippen MR) is 64.1 cm³/mol. The van der Waals surface area contributed by atoms with E-state index >= 15 is 0 Å². The van der Waals surface area contributed by atoms with E-state index in [1.807, 2.05) is 6.92 Å². The lowest BCUT2D eigenvalue weighted by Gasteiger charge is -2.27. The second kappa shape index (κ2) is 4.96. The first-order chi connectivity index (χ1) is 8.44. The zero-order valence-corrected chi connectivity index (χ0v) is 10.9. The quantitative estimate of drug-likeness (QED) is 0.791. The fourth-order valence-electron chi connectivity index (χ4n) is 2.34. The van der Waals surface area contributed by atoms with Gasteiger partial charge in [-0.1, -0.05) is 11.6 Å². The molecule has 1 aromatic rings. The van der Waals surface area contributed by atoms with Crippen molar-refractivity contribution in [3.05, 3.63) is 16.9 Å². The topological polar surface area (TPSA) is 34.9 Å². The van der Waals surface area contributed by atoms with Crippen LogP contribution in [0.2, 0.25) is 5.02 Å². The third-order valence-electron chi connectivity index (χ3n) is 3.42. The van der Waals surface area contributed by atoms with Gasteiger partial charge in [-0.05, 0) is 19.8 Å². The van der Waals surface area contributed by atoms with Gasteiger partial charge in [0.2, 0.25) is 5.92 Å². The van der Waals surface area contributed by atoms with Gasteiger partial charge in [-0.15, -0.1) is 0 Å². The van der Waals surface area contributed by atoms with Gasteiger partial charge in [0.15, 0.2) is 5.78 Å². The standard InChI is InChI=1S/C12H15ClF2N2O/c1-2-17-10(9(13)7-16-17)11(18)8-3-5-12(14,15)6-4-8/h7-8H,2-6H2,1H3. The molecule has 3 nitrogen and oxygen atoms in total. The highest BCUT2D eigenvalue weighted by Crippen LogP contribution is 2.38. The zero-order valence-electron chi connectivity index (χ0n) is 10.1. The van der Waals surface area contributed by atoms with Gasteiger partial charge in [-0.2, -0.15) is 5.10 Å². The lowest BCUT2D eigenvalue weighted by atomic mass is 9.83. The Kier molecular flexibility index (Phi) is 3.71. The van der Waals surface area contributed by atoms with Crippen molar-refractivity contribution in [2.24, 2.45) is 5.92 Å². The summed E-state index contributed by atoms with van der Waals surface area (Å²) >= 11 is 5.94. The Bertz CT molecular complexity index is 449. The van der Waals surface area contributed by atoms with Gasteiger partial charge >= 0.3 is 0 Å². The maximum atomic E-state index is 13.1. The Balaban J connectivity index is 2.15. The number of hydrogen-bond acceptors (Lipinski definition) is 2. The Morgan fingerprint density at radius 3 is 2.72 bits per heavy atom. The summed E-state index contributed by atoms with van der Waals surface area (Å²) in [5, 5.41) is 4.30. The molecule has 1 aromatic heterocycles. The summed E-state index contributed by atoms with van der Waals surface area (Å²) in [4.78, 5) is 12.3. The molecule has 0 amide bonds. The third-order valence-corrected chi connectivity index (χ3v) is 3.69. The van der Waals surface area contributed by atoms with Gasteiger partial charge in [-0.25, -0.2) is 8.78 Å². The smallest absolute Gasteiger partial charge is 0.248 e. The Morgan fingerprint density at radius 2 is 2.17 bits per heavy atom. The summed E-state index contributed by atoms with van der Waals surface area (Å²) in [7, 11) is 0. The molecule has 0 saturated heterocycles. The van der Waals surface area contributed by atoms with Gasteiger partial charge in [-0.3, -0.25) is 9.48 Å². The average Bonchev–Trinajstić information content (AvgIpc) is 2.69. The molecule has 1 saturated carbocycles. The minimum Gasteiger partial charge on any atom is -0.292 e. The second-order valence-electron chi connectivity index (χ2n) is 4.65. The molecule has 6 heteroatoms. The van der Waals surface area contributed by atoms with Gasteiger partial charge < -0.3 is 0 Å². The monoisotopic (exact) mass is 276 g/mol. The van der Waals surface area contributed by atoms with Crippen molar-refractivity contribution in [3.8, 4) is 0 Å². The number of aromatic nitrogens is 2. The van der Waals surface area contributed by atoms with E-state index in [9.17, 15) is 13.6 Å². The van der Waals surface area contributed by atoms with E-state index in [0.717, 1.165) is 0 Å². The first-order valence-electron chi connectivity index (χ1n) is 6.08. The van der Waals surface area contributed by atoms with Crippen molar-refractivity contribution in [1.29, 1.82) is 0 Å². The van der Waals surface area contributed by atoms with Crippen LogP contribution in [0, 0.1) is 5.92 Å². The lowest BCUT2D eigenvalue weighted by Crippen LogP contribution is -2.29. The number of alkyl halides is 2. The van der Waals surface area contributed by atoms with Crippen molar-refractivity contribution in [3.63, 3.8) is 0 Å². The molecule has 18 heavy (non-hydrogen) atoms. The summed E-state index contributed by atoms with van der Waals surface area (Å²) < 4.78 is 27.6. The predicted octanol–water partition coefficient (Wildman–Crippen LogP) is 3.56. The molecular formula is C12H15ClF2N2O. The van der Waals surface area contributed by atoms with E-state index in [1.54, 1.807) is 0 Å². The summed E-state index contributed by atoms with van der Waals surface area (Å²) in [6.07, 6.45) is 1.42. The van der Waals surface area contributed by atoms with Crippen LogP contribution in [0.15, 0.2) is 6.20 Å². The van der Waals surface area contributed by atoms with E-state index in [2.05, 4.69) is 5.10 Å². The van der Waals surface area contributed by atoms with E-state index in [0.29, 0.717) is 17.3 Å². The number of aryl methyl sites for hydroxylation is 1. The van der Waals surface area contributed by atoms with Crippen LogP contribution in [0.3, 0.4) is 0 Å².